The predicted octanol–water partition coefficient (Wildman–Crippen LogP) is 0.762. The number of rotatable bonds is 6. The summed E-state index contributed by atoms with van der Waals surface area (Å²) in [6.07, 6.45) is 5.59. The molecule has 0 bridgehead atoms. The molecule has 0 radical (unpaired) electrons. The molecule has 2 amide bonds. The third kappa shape index (κ3) is 4.69. The SMILES string of the molecule is C#CCN(CC)C(=O)NCC(CC)C(=O)O. The zero-order valence-electron chi connectivity index (χ0n) is 9.69. The van der Waals surface area contributed by atoms with Crippen LogP contribution in [0.15, 0.2) is 0 Å². The summed E-state index contributed by atoms with van der Waals surface area (Å²) < 4.78 is 0. The number of carboxylic acid groups (broad SMARTS) is 1. The highest BCUT2D eigenvalue weighted by atomic mass is 16.4. The lowest BCUT2D eigenvalue weighted by atomic mass is 10.1. The van der Waals surface area contributed by atoms with E-state index in [9.17, 15) is 9.59 Å². The van der Waals surface area contributed by atoms with Gasteiger partial charge in [0, 0.05) is 13.1 Å². The summed E-state index contributed by atoms with van der Waals surface area (Å²) in [4.78, 5) is 23.7. The number of nitrogens with zero attached hydrogens (tertiary/aromatic N) is 1. The summed E-state index contributed by atoms with van der Waals surface area (Å²) >= 11 is 0. The van der Waals surface area contributed by atoms with Gasteiger partial charge in [0.25, 0.3) is 0 Å². The van der Waals surface area contributed by atoms with Crippen molar-refractivity contribution >= 4 is 12.0 Å². The average Bonchev–Trinajstić information content (AvgIpc) is 2.25. The zero-order valence-corrected chi connectivity index (χ0v) is 9.69. The average molecular weight is 226 g/mol. The van der Waals surface area contributed by atoms with Gasteiger partial charge in [0.15, 0.2) is 0 Å². The second kappa shape index (κ2) is 7.57. The second-order valence-electron chi connectivity index (χ2n) is 3.35. The van der Waals surface area contributed by atoms with Gasteiger partial charge in [-0.1, -0.05) is 12.8 Å². The molecule has 0 aliphatic rings. The summed E-state index contributed by atoms with van der Waals surface area (Å²) in [6.45, 7) is 4.44. The van der Waals surface area contributed by atoms with Crippen molar-refractivity contribution in [1.29, 1.82) is 0 Å². The molecule has 0 heterocycles. The molecule has 0 saturated heterocycles. The van der Waals surface area contributed by atoms with Crippen molar-refractivity contribution in [3.63, 3.8) is 0 Å². The molecule has 5 heteroatoms. The minimum atomic E-state index is -0.900. The molecule has 90 valence electrons. The number of carbonyl (C=O) groups excluding carboxylic acids is 1. The molecule has 0 spiro atoms. The van der Waals surface area contributed by atoms with E-state index >= 15 is 0 Å². The van der Waals surface area contributed by atoms with Crippen LogP contribution in [0, 0.1) is 18.3 Å². The van der Waals surface area contributed by atoms with E-state index in [0.29, 0.717) is 13.0 Å². The molecule has 0 rings (SSSR count). The normalized spacial score (nSPS) is 11.3. The van der Waals surface area contributed by atoms with Crippen LogP contribution in [0.1, 0.15) is 20.3 Å². The molecule has 0 fully saturated rings. The van der Waals surface area contributed by atoms with E-state index in [4.69, 9.17) is 11.5 Å². The lowest BCUT2D eigenvalue weighted by Crippen LogP contribution is -2.42. The van der Waals surface area contributed by atoms with Gasteiger partial charge in [0.05, 0.1) is 12.5 Å². The van der Waals surface area contributed by atoms with Gasteiger partial charge in [0.2, 0.25) is 0 Å². The first-order valence-electron chi connectivity index (χ1n) is 5.25. The molecule has 1 atom stereocenters. The Morgan fingerprint density at radius 1 is 1.50 bits per heavy atom. The molecule has 0 aliphatic heterocycles. The van der Waals surface area contributed by atoms with Crippen LogP contribution in [0.25, 0.3) is 0 Å². The van der Waals surface area contributed by atoms with E-state index in [1.807, 2.05) is 6.92 Å². The maximum absolute atomic E-state index is 11.5. The summed E-state index contributed by atoms with van der Waals surface area (Å²) in [5, 5.41) is 11.3. The first kappa shape index (κ1) is 14.3. The molecule has 0 aromatic heterocycles. The number of terminal acetylenes is 1. The van der Waals surface area contributed by atoms with E-state index in [2.05, 4.69) is 11.2 Å². The van der Waals surface area contributed by atoms with Gasteiger partial charge in [0.1, 0.15) is 0 Å². The number of carbonyl (C=O) groups is 2. The summed E-state index contributed by atoms with van der Waals surface area (Å²) in [6, 6.07) is -0.319. The van der Waals surface area contributed by atoms with E-state index in [1.165, 1.54) is 4.90 Å². The Morgan fingerprint density at radius 3 is 2.50 bits per heavy atom. The van der Waals surface area contributed by atoms with Gasteiger partial charge in [-0.15, -0.1) is 6.42 Å². The standard InChI is InChI=1S/C11H18N2O3/c1-4-7-13(6-3)11(16)12-8-9(5-2)10(14)15/h1,9H,5-8H2,2-3H3,(H,12,16)(H,14,15). The third-order valence-electron chi connectivity index (χ3n) is 2.29. The quantitative estimate of drug-likeness (QED) is 0.657. The number of nitrogens with one attached hydrogen (secondary N) is 1. The largest absolute Gasteiger partial charge is 0.481 e. The zero-order chi connectivity index (χ0) is 12.6. The van der Waals surface area contributed by atoms with Gasteiger partial charge in [-0.2, -0.15) is 0 Å². The van der Waals surface area contributed by atoms with Crippen molar-refractivity contribution < 1.29 is 14.7 Å². The van der Waals surface area contributed by atoms with Crippen LogP contribution >= 0.6 is 0 Å². The van der Waals surface area contributed by atoms with Crippen LogP contribution in [0.3, 0.4) is 0 Å². The highest BCUT2D eigenvalue weighted by Gasteiger charge is 2.17. The second-order valence-corrected chi connectivity index (χ2v) is 3.35. The minimum Gasteiger partial charge on any atom is -0.481 e. The number of carboxylic acids is 1. The molecule has 5 nitrogen and oxygen atoms in total. The van der Waals surface area contributed by atoms with Crippen LogP contribution in [-0.2, 0) is 4.79 Å². The van der Waals surface area contributed by atoms with Crippen molar-refractivity contribution in [3.8, 4) is 12.3 Å². The van der Waals surface area contributed by atoms with E-state index in [1.54, 1.807) is 6.92 Å². The first-order valence-corrected chi connectivity index (χ1v) is 5.25. The Hall–Kier alpha value is -1.70. The van der Waals surface area contributed by atoms with Crippen LogP contribution in [0.2, 0.25) is 0 Å². The fraction of sp³-hybridized carbons (Fsp3) is 0.636. The smallest absolute Gasteiger partial charge is 0.318 e. The number of amides is 2. The lowest BCUT2D eigenvalue weighted by Gasteiger charge is -2.20. The molecular formula is C11H18N2O3. The van der Waals surface area contributed by atoms with Crippen molar-refractivity contribution in [2.24, 2.45) is 5.92 Å². The Kier molecular flexibility index (Phi) is 6.77. The van der Waals surface area contributed by atoms with E-state index in [0.717, 1.165) is 0 Å². The summed E-state index contributed by atoms with van der Waals surface area (Å²) in [7, 11) is 0. The van der Waals surface area contributed by atoms with E-state index in [-0.39, 0.29) is 19.1 Å². The van der Waals surface area contributed by atoms with Gasteiger partial charge in [-0.05, 0) is 13.3 Å². The maximum atomic E-state index is 11.5. The Balaban J connectivity index is 4.14. The number of hydrogen-bond acceptors (Lipinski definition) is 2. The third-order valence-corrected chi connectivity index (χ3v) is 2.29. The molecule has 0 aromatic rings. The molecule has 0 aromatic carbocycles. The van der Waals surface area contributed by atoms with Gasteiger partial charge >= 0.3 is 12.0 Å². The van der Waals surface area contributed by atoms with Crippen LogP contribution in [-0.4, -0.2) is 41.6 Å². The topological polar surface area (TPSA) is 69.6 Å². The van der Waals surface area contributed by atoms with Crippen molar-refractivity contribution in [1.82, 2.24) is 10.2 Å². The maximum Gasteiger partial charge on any atom is 0.318 e. The molecule has 0 saturated carbocycles. The fourth-order valence-corrected chi connectivity index (χ4v) is 1.17. The van der Waals surface area contributed by atoms with E-state index < -0.39 is 11.9 Å². The Bertz CT molecular complexity index is 283. The lowest BCUT2D eigenvalue weighted by molar-refractivity contribution is -0.141. The van der Waals surface area contributed by atoms with Crippen LogP contribution < -0.4 is 5.32 Å². The molecule has 16 heavy (non-hydrogen) atoms. The summed E-state index contributed by atoms with van der Waals surface area (Å²) in [5.41, 5.74) is 0. The highest BCUT2D eigenvalue weighted by Crippen LogP contribution is 2.00. The monoisotopic (exact) mass is 226 g/mol. The van der Waals surface area contributed by atoms with Crippen molar-refractivity contribution in [2.45, 2.75) is 20.3 Å². The van der Waals surface area contributed by atoms with Crippen LogP contribution in [0.5, 0.6) is 0 Å². The van der Waals surface area contributed by atoms with Crippen LogP contribution in [0.4, 0.5) is 4.79 Å². The van der Waals surface area contributed by atoms with Crippen molar-refractivity contribution in [2.75, 3.05) is 19.6 Å². The number of urea groups is 1. The Labute approximate surface area is 95.8 Å². The molecule has 2 N–H and O–H groups in total. The number of aliphatic carboxylic acids is 1. The van der Waals surface area contributed by atoms with Gasteiger partial charge in [-0.3, -0.25) is 4.79 Å². The number of hydrogen-bond donors (Lipinski definition) is 2. The predicted molar refractivity (Wildman–Crippen MR) is 60.9 cm³/mol. The molecular weight excluding hydrogens is 208 g/mol. The highest BCUT2D eigenvalue weighted by molar-refractivity contribution is 5.76. The fourth-order valence-electron chi connectivity index (χ4n) is 1.17. The van der Waals surface area contributed by atoms with Gasteiger partial charge < -0.3 is 15.3 Å². The first-order chi connectivity index (χ1) is 7.56. The minimum absolute atomic E-state index is 0.131. The Morgan fingerprint density at radius 2 is 2.12 bits per heavy atom. The van der Waals surface area contributed by atoms with Crippen molar-refractivity contribution in [3.05, 3.63) is 0 Å². The van der Waals surface area contributed by atoms with Gasteiger partial charge in [-0.25, -0.2) is 4.79 Å². The molecule has 0 aliphatic carbocycles. The molecule has 1 unspecified atom stereocenters. The summed E-state index contributed by atoms with van der Waals surface area (Å²) in [5.74, 6) is 0.925.